The third kappa shape index (κ3) is 4.13. The van der Waals surface area contributed by atoms with Crippen molar-refractivity contribution in [3.8, 4) is 0 Å². The minimum absolute atomic E-state index is 0.00501. The van der Waals surface area contributed by atoms with Gasteiger partial charge in [0, 0.05) is 16.9 Å². The van der Waals surface area contributed by atoms with Crippen molar-refractivity contribution in [1.29, 1.82) is 0 Å². The summed E-state index contributed by atoms with van der Waals surface area (Å²) in [5.41, 5.74) is 3.25. The van der Waals surface area contributed by atoms with E-state index in [0.29, 0.717) is 16.9 Å². The molecule has 0 aliphatic carbocycles. The van der Waals surface area contributed by atoms with E-state index in [1.165, 1.54) is 0 Å². The molecule has 160 valence electrons. The van der Waals surface area contributed by atoms with E-state index in [-0.39, 0.29) is 16.6 Å². The molecule has 0 aromatic heterocycles. The molecule has 0 spiro atoms. The normalized spacial score (nSPS) is 13.5. The Hall–Kier alpha value is -3.90. The number of amides is 3. The standard InChI is InChI=1S/C25H20ClN3O3/c1-2-16-8-6-7-11-20(16)28-23(30)17-12-14-18(15-13-17)27-22-21(26)24(31)29(25(22)32)19-9-4-3-5-10-19/h3-15,27H,2H2,1H3,(H,28,30). The summed E-state index contributed by atoms with van der Waals surface area (Å²) in [5.74, 6) is -1.36. The van der Waals surface area contributed by atoms with Gasteiger partial charge in [-0.2, -0.15) is 0 Å². The third-order valence-corrected chi connectivity index (χ3v) is 5.46. The Kier molecular flexibility index (Phi) is 6.05. The van der Waals surface area contributed by atoms with Crippen molar-refractivity contribution in [3.05, 3.63) is 101 Å². The highest BCUT2D eigenvalue weighted by molar-refractivity contribution is 6.53. The largest absolute Gasteiger partial charge is 0.350 e. The molecular weight excluding hydrogens is 426 g/mol. The molecule has 0 saturated carbocycles. The van der Waals surface area contributed by atoms with Crippen LogP contribution in [0.4, 0.5) is 17.1 Å². The van der Waals surface area contributed by atoms with Gasteiger partial charge >= 0.3 is 0 Å². The number of nitrogens with zero attached hydrogens (tertiary/aromatic N) is 1. The average Bonchev–Trinajstić information content (AvgIpc) is 3.03. The van der Waals surface area contributed by atoms with Crippen molar-refractivity contribution in [2.24, 2.45) is 0 Å². The van der Waals surface area contributed by atoms with Gasteiger partial charge < -0.3 is 10.6 Å². The van der Waals surface area contributed by atoms with E-state index in [1.807, 2.05) is 31.2 Å². The van der Waals surface area contributed by atoms with Gasteiger partial charge in [0.2, 0.25) is 0 Å². The van der Waals surface area contributed by atoms with Crippen LogP contribution in [0.5, 0.6) is 0 Å². The van der Waals surface area contributed by atoms with E-state index in [9.17, 15) is 14.4 Å². The second-order valence-electron chi connectivity index (χ2n) is 7.14. The van der Waals surface area contributed by atoms with E-state index in [2.05, 4.69) is 10.6 Å². The van der Waals surface area contributed by atoms with Gasteiger partial charge in [-0.15, -0.1) is 0 Å². The number of para-hydroxylation sites is 2. The molecule has 1 aliphatic heterocycles. The zero-order valence-electron chi connectivity index (χ0n) is 17.3. The van der Waals surface area contributed by atoms with E-state index in [1.54, 1.807) is 54.6 Å². The fraction of sp³-hybridized carbons (Fsp3) is 0.0800. The predicted octanol–water partition coefficient (Wildman–Crippen LogP) is 4.94. The first-order valence-corrected chi connectivity index (χ1v) is 10.5. The van der Waals surface area contributed by atoms with Crippen LogP contribution in [0.1, 0.15) is 22.8 Å². The van der Waals surface area contributed by atoms with E-state index >= 15 is 0 Å². The van der Waals surface area contributed by atoms with Crippen LogP contribution in [-0.4, -0.2) is 17.7 Å². The molecule has 6 nitrogen and oxygen atoms in total. The maximum atomic E-state index is 12.8. The zero-order valence-corrected chi connectivity index (χ0v) is 18.0. The molecular formula is C25H20ClN3O3. The molecule has 7 heteroatoms. The number of hydrogen-bond acceptors (Lipinski definition) is 4. The van der Waals surface area contributed by atoms with Crippen LogP contribution in [0.25, 0.3) is 0 Å². The summed E-state index contributed by atoms with van der Waals surface area (Å²) in [5, 5.41) is 5.64. The van der Waals surface area contributed by atoms with Gasteiger partial charge in [-0.05, 0) is 54.4 Å². The molecule has 1 aliphatic rings. The number of benzene rings is 3. The highest BCUT2D eigenvalue weighted by Gasteiger charge is 2.38. The van der Waals surface area contributed by atoms with Crippen molar-refractivity contribution in [3.63, 3.8) is 0 Å². The summed E-state index contributed by atoms with van der Waals surface area (Å²) in [4.78, 5) is 39.0. The zero-order chi connectivity index (χ0) is 22.7. The number of halogens is 1. The second-order valence-corrected chi connectivity index (χ2v) is 7.52. The summed E-state index contributed by atoms with van der Waals surface area (Å²) in [7, 11) is 0. The smallest absolute Gasteiger partial charge is 0.283 e. The fourth-order valence-electron chi connectivity index (χ4n) is 3.42. The van der Waals surface area contributed by atoms with Crippen LogP contribution in [0, 0.1) is 0 Å². The number of carbonyl (C=O) groups excluding carboxylic acids is 3. The first kappa shape index (κ1) is 21.3. The number of aryl methyl sites for hydroxylation is 1. The quantitative estimate of drug-likeness (QED) is 0.527. The summed E-state index contributed by atoms with van der Waals surface area (Å²) >= 11 is 6.16. The molecule has 0 bridgehead atoms. The van der Waals surface area contributed by atoms with Gasteiger partial charge in [-0.1, -0.05) is 54.9 Å². The molecule has 3 amide bonds. The van der Waals surface area contributed by atoms with Crippen molar-refractivity contribution in [2.75, 3.05) is 15.5 Å². The van der Waals surface area contributed by atoms with Gasteiger partial charge in [-0.25, -0.2) is 4.90 Å². The molecule has 4 rings (SSSR count). The van der Waals surface area contributed by atoms with Crippen LogP contribution in [0.15, 0.2) is 89.6 Å². The second kappa shape index (κ2) is 9.08. The lowest BCUT2D eigenvalue weighted by Gasteiger charge is -2.15. The van der Waals surface area contributed by atoms with Gasteiger partial charge in [0.25, 0.3) is 17.7 Å². The van der Waals surface area contributed by atoms with Crippen LogP contribution in [-0.2, 0) is 16.0 Å². The molecule has 1 heterocycles. The molecule has 3 aromatic carbocycles. The maximum Gasteiger partial charge on any atom is 0.283 e. The van der Waals surface area contributed by atoms with Crippen LogP contribution in [0.3, 0.4) is 0 Å². The highest BCUT2D eigenvalue weighted by atomic mass is 35.5. The number of carbonyl (C=O) groups is 3. The summed E-state index contributed by atoms with van der Waals surface area (Å²) < 4.78 is 0. The molecule has 3 aromatic rings. The maximum absolute atomic E-state index is 12.8. The summed E-state index contributed by atoms with van der Waals surface area (Å²) in [6, 6.07) is 22.8. The number of nitrogens with one attached hydrogen (secondary N) is 2. The van der Waals surface area contributed by atoms with Gasteiger partial charge in [0.15, 0.2) is 0 Å². The SMILES string of the molecule is CCc1ccccc1NC(=O)c1ccc(NC2=C(Cl)C(=O)N(c3ccccc3)C2=O)cc1. The van der Waals surface area contributed by atoms with Crippen LogP contribution < -0.4 is 15.5 Å². The lowest BCUT2D eigenvalue weighted by Crippen LogP contribution is -2.32. The van der Waals surface area contributed by atoms with E-state index in [4.69, 9.17) is 11.6 Å². The van der Waals surface area contributed by atoms with Crippen LogP contribution in [0.2, 0.25) is 0 Å². The van der Waals surface area contributed by atoms with Gasteiger partial charge in [0.1, 0.15) is 10.7 Å². The van der Waals surface area contributed by atoms with Gasteiger partial charge in [0.05, 0.1) is 5.69 Å². The lowest BCUT2D eigenvalue weighted by atomic mass is 10.1. The Balaban J connectivity index is 1.48. The van der Waals surface area contributed by atoms with E-state index < -0.39 is 11.8 Å². The fourth-order valence-corrected chi connectivity index (χ4v) is 3.63. The monoisotopic (exact) mass is 445 g/mol. The Morgan fingerprint density at radius 1 is 0.875 bits per heavy atom. The Morgan fingerprint density at radius 2 is 1.53 bits per heavy atom. The van der Waals surface area contributed by atoms with E-state index in [0.717, 1.165) is 22.6 Å². The minimum atomic E-state index is -0.587. The molecule has 0 atom stereocenters. The molecule has 0 unspecified atom stereocenters. The highest BCUT2D eigenvalue weighted by Crippen LogP contribution is 2.30. The summed E-state index contributed by atoms with van der Waals surface area (Å²) in [6.45, 7) is 2.03. The first-order valence-electron chi connectivity index (χ1n) is 10.1. The Labute approximate surface area is 190 Å². The number of rotatable bonds is 6. The third-order valence-electron chi connectivity index (χ3n) is 5.10. The molecule has 0 fully saturated rings. The summed E-state index contributed by atoms with van der Waals surface area (Å²) in [6.07, 6.45) is 0.807. The molecule has 2 N–H and O–H groups in total. The van der Waals surface area contributed by atoms with Crippen LogP contribution >= 0.6 is 11.6 Å². The van der Waals surface area contributed by atoms with Gasteiger partial charge in [-0.3, -0.25) is 14.4 Å². The average molecular weight is 446 g/mol. The molecule has 0 radical (unpaired) electrons. The van der Waals surface area contributed by atoms with Crippen molar-refractivity contribution < 1.29 is 14.4 Å². The lowest BCUT2D eigenvalue weighted by molar-refractivity contribution is -0.120. The number of hydrogen-bond donors (Lipinski definition) is 2. The Bertz CT molecular complexity index is 1220. The van der Waals surface area contributed by atoms with Crippen molar-refractivity contribution in [1.82, 2.24) is 0 Å². The van der Waals surface area contributed by atoms with Crippen molar-refractivity contribution >= 4 is 46.4 Å². The molecule has 32 heavy (non-hydrogen) atoms. The first-order chi connectivity index (χ1) is 15.5. The van der Waals surface area contributed by atoms with Crippen molar-refractivity contribution in [2.45, 2.75) is 13.3 Å². The number of anilines is 3. The Morgan fingerprint density at radius 3 is 2.22 bits per heavy atom. The topological polar surface area (TPSA) is 78.5 Å². The molecule has 0 saturated heterocycles. The number of imide groups is 1. The predicted molar refractivity (Wildman–Crippen MR) is 126 cm³/mol. The minimum Gasteiger partial charge on any atom is -0.350 e.